The maximum absolute atomic E-state index is 11.0. The average Bonchev–Trinajstić information content (AvgIpc) is 2.67. The van der Waals surface area contributed by atoms with Crippen LogP contribution in [-0.4, -0.2) is 24.3 Å². The van der Waals surface area contributed by atoms with E-state index in [1.54, 1.807) is 0 Å². The molecule has 0 aromatic rings. The zero-order valence-corrected chi connectivity index (χ0v) is 18.5. The van der Waals surface area contributed by atoms with Gasteiger partial charge in [0.2, 0.25) is 0 Å². The number of hydrogen-bond donors (Lipinski definition) is 1. The minimum atomic E-state index is -0.0871. The summed E-state index contributed by atoms with van der Waals surface area (Å²) in [6, 6.07) is 0. The number of esters is 1. The van der Waals surface area contributed by atoms with E-state index in [0.717, 1.165) is 25.7 Å². The highest BCUT2D eigenvalue weighted by molar-refractivity contribution is 5.68. The second-order valence-corrected chi connectivity index (χ2v) is 8.21. The van der Waals surface area contributed by atoms with Crippen molar-refractivity contribution >= 4 is 5.97 Å². The van der Waals surface area contributed by atoms with Gasteiger partial charge in [-0.05, 0) is 19.3 Å². The lowest BCUT2D eigenvalue weighted by Gasteiger charge is -2.10. The monoisotopic (exact) mass is 384 g/mol. The summed E-state index contributed by atoms with van der Waals surface area (Å²) in [5.74, 6) is -0.0871. The van der Waals surface area contributed by atoms with E-state index in [-0.39, 0.29) is 12.1 Å². The number of carbonyl (C=O) groups is 1. The van der Waals surface area contributed by atoms with Gasteiger partial charge in [0.1, 0.15) is 0 Å². The van der Waals surface area contributed by atoms with E-state index in [4.69, 9.17) is 0 Å². The summed E-state index contributed by atoms with van der Waals surface area (Å²) >= 11 is 0. The van der Waals surface area contributed by atoms with Crippen LogP contribution in [0.5, 0.6) is 0 Å². The van der Waals surface area contributed by atoms with E-state index in [9.17, 15) is 9.90 Å². The normalized spacial score (nSPS) is 12.3. The lowest BCUT2D eigenvalue weighted by Crippen LogP contribution is -2.05. The van der Waals surface area contributed by atoms with Crippen LogP contribution in [0, 0.1) is 0 Å². The minimum Gasteiger partial charge on any atom is -0.469 e. The van der Waals surface area contributed by atoms with E-state index in [2.05, 4.69) is 11.7 Å². The number of ether oxygens (including phenoxy) is 1. The van der Waals surface area contributed by atoms with Crippen LogP contribution >= 0.6 is 0 Å². The molecule has 0 spiro atoms. The van der Waals surface area contributed by atoms with Crippen LogP contribution in [-0.2, 0) is 9.53 Å². The quantitative estimate of drug-likeness (QED) is 0.166. The van der Waals surface area contributed by atoms with Gasteiger partial charge in [-0.25, -0.2) is 0 Å². The first-order valence-corrected chi connectivity index (χ1v) is 12.0. The summed E-state index contributed by atoms with van der Waals surface area (Å²) in [7, 11) is 1.45. The molecule has 3 heteroatoms. The molecule has 0 saturated heterocycles. The lowest BCUT2D eigenvalue weighted by molar-refractivity contribution is -0.140. The molecule has 0 amide bonds. The van der Waals surface area contributed by atoms with Crippen molar-refractivity contribution in [3.63, 3.8) is 0 Å². The molecule has 0 aliphatic carbocycles. The standard InChI is InChI=1S/C24H48O3/c1-3-4-5-6-7-8-11-14-17-20-23(25)21-18-15-12-9-10-13-16-19-22-24(26)27-2/h23,25H,3-22H2,1-2H3. The zero-order chi connectivity index (χ0) is 20.0. The number of hydrogen-bond acceptors (Lipinski definition) is 3. The van der Waals surface area contributed by atoms with Gasteiger partial charge in [0.05, 0.1) is 13.2 Å². The molecule has 0 saturated carbocycles. The molecular formula is C24H48O3. The molecule has 3 nitrogen and oxygen atoms in total. The van der Waals surface area contributed by atoms with Gasteiger partial charge in [0.25, 0.3) is 0 Å². The lowest BCUT2D eigenvalue weighted by atomic mass is 10.0. The van der Waals surface area contributed by atoms with Gasteiger partial charge in [-0.15, -0.1) is 0 Å². The highest BCUT2D eigenvalue weighted by Gasteiger charge is 2.04. The molecule has 162 valence electrons. The number of aliphatic hydroxyl groups excluding tert-OH is 1. The number of rotatable bonds is 21. The van der Waals surface area contributed by atoms with Crippen molar-refractivity contribution in [2.75, 3.05) is 7.11 Å². The molecule has 1 atom stereocenters. The Morgan fingerprint density at radius 3 is 1.44 bits per heavy atom. The summed E-state index contributed by atoms with van der Waals surface area (Å²) in [6.07, 6.45) is 24.2. The first-order chi connectivity index (χ1) is 13.2. The topological polar surface area (TPSA) is 46.5 Å². The van der Waals surface area contributed by atoms with E-state index in [1.165, 1.54) is 103 Å². The molecule has 0 heterocycles. The van der Waals surface area contributed by atoms with Crippen molar-refractivity contribution in [1.82, 2.24) is 0 Å². The first-order valence-electron chi connectivity index (χ1n) is 12.0. The van der Waals surface area contributed by atoms with Gasteiger partial charge in [-0.3, -0.25) is 4.79 Å². The van der Waals surface area contributed by atoms with Gasteiger partial charge in [-0.2, -0.15) is 0 Å². The van der Waals surface area contributed by atoms with Gasteiger partial charge in [-0.1, -0.05) is 110 Å². The second kappa shape index (κ2) is 21.7. The largest absolute Gasteiger partial charge is 0.469 e. The van der Waals surface area contributed by atoms with Crippen molar-refractivity contribution < 1.29 is 14.6 Å². The van der Waals surface area contributed by atoms with Gasteiger partial charge in [0, 0.05) is 6.42 Å². The summed E-state index contributed by atoms with van der Waals surface area (Å²) in [5.41, 5.74) is 0. The Bertz CT molecular complexity index is 304. The molecule has 0 aromatic heterocycles. The maximum atomic E-state index is 11.0. The Morgan fingerprint density at radius 2 is 1.04 bits per heavy atom. The Labute approximate surface area is 169 Å². The zero-order valence-electron chi connectivity index (χ0n) is 18.5. The third kappa shape index (κ3) is 21.6. The molecule has 0 radical (unpaired) electrons. The molecule has 1 N–H and O–H groups in total. The molecule has 0 bridgehead atoms. The van der Waals surface area contributed by atoms with Crippen molar-refractivity contribution in [2.45, 2.75) is 141 Å². The third-order valence-corrected chi connectivity index (χ3v) is 5.54. The first kappa shape index (κ1) is 26.4. The Balaban J connectivity index is 3.17. The van der Waals surface area contributed by atoms with Crippen molar-refractivity contribution in [3.05, 3.63) is 0 Å². The molecule has 27 heavy (non-hydrogen) atoms. The summed E-state index contributed by atoms with van der Waals surface area (Å²) < 4.78 is 4.64. The van der Waals surface area contributed by atoms with Crippen LogP contribution in [0.2, 0.25) is 0 Å². The Hall–Kier alpha value is -0.570. The molecule has 0 aliphatic heterocycles. The van der Waals surface area contributed by atoms with Crippen molar-refractivity contribution in [2.24, 2.45) is 0 Å². The van der Waals surface area contributed by atoms with Crippen LogP contribution in [0.15, 0.2) is 0 Å². The minimum absolute atomic E-state index is 0.0760. The predicted octanol–water partition coefficient (Wildman–Crippen LogP) is 7.34. The average molecular weight is 385 g/mol. The highest BCUT2D eigenvalue weighted by Crippen LogP contribution is 2.15. The van der Waals surface area contributed by atoms with E-state index in [0.29, 0.717) is 6.42 Å². The fourth-order valence-corrected chi connectivity index (χ4v) is 3.65. The van der Waals surface area contributed by atoms with E-state index in [1.807, 2.05) is 0 Å². The second-order valence-electron chi connectivity index (χ2n) is 8.21. The van der Waals surface area contributed by atoms with E-state index >= 15 is 0 Å². The van der Waals surface area contributed by atoms with Gasteiger partial charge < -0.3 is 9.84 Å². The van der Waals surface area contributed by atoms with Crippen molar-refractivity contribution in [3.8, 4) is 0 Å². The number of carbonyl (C=O) groups excluding carboxylic acids is 1. The van der Waals surface area contributed by atoms with Gasteiger partial charge >= 0.3 is 5.97 Å². The SMILES string of the molecule is CCCCCCCCCCCC(O)CCCCCCCCCCC(=O)OC. The highest BCUT2D eigenvalue weighted by atomic mass is 16.5. The Kier molecular flexibility index (Phi) is 21.3. The fraction of sp³-hybridized carbons (Fsp3) is 0.958. The van der Waals surface area contributed by atoms with Gasteiger partial charge in [0.15, 0.2) is 0 Å². The number of aliphatic hydroxyl groups is 1. The van der Waals surface area contributed by atoms with Crippen LogP contribution < -0.4 is 0 Å². The summed E-state index contributed by atoms with van der Waals surface area (Å²) in [6.45, 7) is 2.27. The number of unbranched alkanes of at least 4 members (excludes halogenated alkanes) is 15. The van der Waals surface area contributed by atoms with Crippen LogP contribution in [0.3, 0.4) is 0 Å². The summed E-state index contributed by atoms with van der Waals surface area (Å²) in [5, 5.41) is 10.1. The third-order valence-electron chi connectivity index (χ3n) is 5.54. The molecule has 1 unspecified atom stereocenters. The Morgan fingerprint density at radius 1 is 0.667 bits per heavy atom. The molecule has 0 aliphatic rings. The molecule has 0 fully saturated rings. The fourth-order valence-electron chi connectivity index (χ4n) is 3.65. The predicted molar refractivity (Wildman–Crippen MR) is 116 cm³/mol. The summed E-state index contributed by atoms with van der Waals surface area (Å²) in [4.78, 5) is 11.0. The molecular weight excluding hydrogens is 336 g/mol. The van der Waals surface area contributed by atoms with Crippen LogP contribution in [0.1, 0.15) is 135 Å². The van der Waals surface area contributed by atoms with E-state index < -0.39 is 0 Å². The number of methoxy groups -OCH3 is 1. The van der Waals surface area contributed by atoms with Crippen LogP contribution in [0.25, 0.3) is 0 Å². The van der Waals surface area contributed by atoms with Crippen LogP contribution in [0.4, 0.5) is 0 Å². The smallest absolute Gasteiger partial charge is 0.305 e. The molecule has 0 rings (SSSR count). The van der Waals surface area contributed by atoms with Crippen molar-refractivity contribution in [1.29, 1.82) is 0 Å². The molecule has 0 aromatic carbocycles. The maximum Gasteiger partial charge on any atom is 0.305 e.